The van der Waals surface area contributed by atoms with Crippen molar-refractivity contribution in [2.75, 3.05) is 0 Å². The first-order valence-corrected chi connectivity index (χ1v) is 6.68. The molecule has 20 heavy (non-hydrogen) atoms. The molecule has 2 rings (SSSR count). The number of hydrogen-bond donors (Lipinski definition) is 0. The predicted molar refractivity (Wildman–Crippen MR) is 76.7 cm³/mol. The van der Waals surface area contributed by atoms with E-state index < -0.39 is 5.82 Å². The summed E-state index contributed by atoms with van der Waals surface area (Å²) in [6.07, 6.45) is 1.42. The summed E-state index contributed by atoms with van der Waals surface area (Å²) in [5.74, 6) is -0.348. The van der Waals surface area contributed by atoms with Crippen LogP contribution in [0.3, 0.4) is 0 Å². The zero-order valence-electron chi connectivity index (χ0n) is 10.5. The first-order chi connectivity index (χ1) is 9.70. The van der Waals surface area contributed by atoms with Gasteiger partial charge in [-0.2, -0.15) is 0 Å². The van der Waals surface area contributed by atoms with E-state index in [0.717, 1.165) is 5.56 Å². The third-order valence-electron chi connectivity index (χ3n) is 2.61. The van der Waals surface area contributed by atoms with Crippen molar-refractivity contribution in [2.45, 2.75) is 13.2 Å². The third-order valence-corrected chi connectivity index (χ3v) is 3.20. The number of carbonyl (C=O) groups excluding carboxylic acids is 1. The predicted octanol–water partition coefficient (Wildman–Crippen LogP) is 4.00. The highest BCUT2D eigenvalue weighted by Crippen LogP contribution is 2.30. The quantitative estimate of drug-likeness (QED) is 0.611. The minimum Gasteiger partial charge on any atom is -0.485 e. The van der Waals surface area contributed by atoms with E-state index in [1.165, 1.54) is 12.1 Å². The summed E-state index contributed by atoms with van der Waals surface area (Å²) in [7, 11) is 0. The van der Waals surface area contributed by atoms with Crippen LogP contribution in [0.25, 0.3) is 0 Å². The molecule has 5 heteroatoms. The molecule has 0 aliphatic carbocycles. The van der Waals surface area contributed by atoms with Gasteiger partial charge in [0, 0.05) is 0 Å². The van der Waals surface area contributed by atoms with E-state index >= 15 is 0 Å². The molecule has 0 aromatic heterocycles. The van der Waals surface area contributed by atoms with Crippen LogP contribution in [0.4, 0.5) is 4.39 Å². The average Bonchev–Trinajstić information content (AvgIpc) is 2.45. The Morgan fingerprint density at radius 1 is 1.20 bits per heavy atom. The van der Waals surface area contributed by atoms with Gasteiger partial charge in [0.05, 0.1) is 11.0 Å². The molecule has 0 aliphatic heterocycles. The van der Waals surface area contributed by atoms with Gasteiger partial charge in [-0.3, -0.25) is 0 Å². The van der Waals surface area contributed by atoms with E-state index in [-0.39, 0.29) is 18.9 Å². The van der Waals surface area contributed by atoms with E-state index in [9.17, 15) is 9.18 Å². The molecule has 0 spiro atoms. The number of benzene rings is 2. The monoisotopic (exact) mass is 335 g/mol. The van der Waals surface area contributed by atoms with Gasteiger partial charge in [-0.05, 0) is 39.2 Å². The Hall–Kier alpha value is -1.97. The van der Waals surface area contributed by atoms with Gasteiger partial charge in [-0.15, -0.1) is 0 Å². The van der Waals surface area contributed by atoms with E-state index in [4.69, 9.17) is 4.74 Å². The highest BCUT2D eigenvalue weighted by Gasteiger charge is 2.11. The maximum absolute atomic E-state index is 13.9. The molecule has 0 saturated carbocycles. The summed E-state index contributed by atoms with van der Waals surface area (Å²) < 4.78 is 19.9. The van der Waals surface area contributed by atoms with Crippen LogP contribution < -0.4 is 4.74 Å². The van der Waals surface area contributed by atoms with Crippen LogP contribution in [-0.2, 0) is 17.9 Å². The van der Waals surface area contributed by atoms with Crippen molar-refractivity contribution >= 4 is 22.0 Å². The summed E-state index contributed by atoms with van der Waals surface area (Å²) >= 11 is 3.26. The zero-order chi connectivity index (χ0) is 14.4. The Morgan fingerprint density at radius 2 is 1.95 bits per heavy atom. The van der Waals surface area contributed by atoms with Crippen LogP contribution >= 0.6 is 15.9 Å². The minimum atomic E-state index is -0.494. The van der Waals surface area contributed by atoms with E-state index in [0.29, 0.717) is 10.0 Å². The molecule has 2 aromatic carbocycles. The fourth-order valence-electron chi connectivity index (χ4n) is 1.69. The lowest BCUT2D eigenvalue weighted by Crippen LogP contribution is -1.99. The molecule has 0 aliphatic rings. The normalized spacial score (nSPS) is 9.90. The van der Waals surface area contributed by atoms with Gasteiger partial charge in [0.15, 0.2) is 11.6 Å². The summed E-state index contributed by atoms with van der Waals surface area (Å²) in [5.41, 5.74) is 1.53. The zero-order valence-corrected chi connectivity index (χ0v) is 12.1. The van der Waals surface area contributed by atoms with Crippen LogP contribution in [0.1, 0.15) is 11.1 Å². The number of rotatable bonds is 5. The Balaban J connectivity index is 2.14. The van der Waals surface area contributed by atoms with Crippen molar-refractivity contribution < 1.29 is 13.9 Å². The molecule has 0 bridgehead atoms. The standard InChI is InChI=1S/C15H11BrFNO2/c16-13-6-12(8-18-10-19)7-14(17)15(13)20-9-11-4-2-1-3-5-11/h1-7H,8-9H2. The van der Waals surface area contributed by atoms with Gasteiger partial charge >= 0.3 is 0 Å². The lowest BCUT2D eigenvalue weighted by molar-refractivity contribution is 0.288. The molecular formula is C15H11BrFNO2. The summed E-state index contributed by atoms with van der Waals surface area (Å²) in [6, 6.07) is 12.5. The Labute approximate surface area is 124 Å². The molecule has 0 fully saturated rings. The highest BCUT2D eigenvalue weighted by atomic mass is 79.9. The smallest absolute Gasteiger partial charge is 0.235 e. The van der Waals surface area contributed by atoms with Crippen molar-refractivity contribution in [1.82, 2.24) is 0 Å². The second kappa shape index (κ2) is 6.98. The maximum atomic E-state index is 13.9. The van der Waals surface area contributed by atoms with Gasteiger partial charge in [0.1, 0.15) is 6.61 Å². The number of nitrogens with zero attached hydrogens (tertiary/aromatic N) is 1. The lowest BCUT2D eigenvalue weighted by Gasteiger charge is -2.10. The first-order valence-electron chi connectivity index (χ1n) is 5.89. The third kappa shape index (κ3) is 3.76. The first kappa shape index (κ1) is 14.4. The minimum absolute atomic E-state index is 0.0952. The van der Waals surface area contributed by atoms with Crippen molar-refractivity contribution in [3.05, 3.63) is 63.9 Å². The van der Waals surface area contributed by atoms with Crippen LogP contribution in [0.5, 0.6) is 5.75 Å². The molecule has 0 heterocycles. The molecule has 0 N–H and O–H groups in total. The molecule has 2 aromatic rings. The molecule has 0 saturated heterocycles. The summed E-state index contributed by atoms with van der Waals surface area (Å²) in [4.78, 5) is 13.5. The summed E-state index contributed by atoms with van der Waals surface area (Å²) in [6.45, 7) is 0.375. The Morgan fingerprint density at radius 3 is 2.60 bits per heavy atom. The molecule has 0 radical (unpaired) electrons. The van der Waals surface area contributed by atoms with Crippen LogP contribution in [0.2, 0.25) is 0 Å². The second-order valence-electron chi connectivity index (χ2n) is 4.07. The highest BCUT2D eigenvalue weighted by molar-refractivity contribution is 9.10. The van der Waals surface area contributed by atoms with Crippen LogP contribution in [-0.4, -0.2) is 6.08 Å². The van der Waals surface area contributed by atoms with Gasteiger partial charge in [0.2, 0.25) is 6.08 Å². The lowest BCUT2D eigenvalue weighted by atomic mass is 10.2. The molecule has 0 unspecified atom stereocenters. The second-order valence-corrected chi connectivity index (χ2v) is 4.92. The van der Waals surface area contributed by atoms with Crippen molar-refractivity contribution in [2.24, 2.45) is 4.99 Å². The topological polar surface area (TPSA) is 38.7 Å². The molecule has 0 amide bonds. The van der Waals surface area contributed by atoms with Crippen LogP contribution in [0, 0.1) is 5.82 Å². The van der Waals surface area contributed by atoms with Crippen LogP contribution in [0.15, 0.2) is 51.9 Å². The number of isocyanates is 1. The largest absolute Gasteiger partial charge is 0.485 e. The maximum Gasteiger partial charge on any atom is 0.235 e. The van der Waals surface area contributed by atoms with E-state index in [1.54, 1.807) is 6.07 Å². The molecule has 102 valence electrons. The molecule has 0 atom stereocenters. The summed E-state index contributed by atoms with van der Waals surface area (Å²) in [5, 5.41) is 0. The van der Waals surface area contributed by atoms with Crippen molar-refractivity contribution in [1.29, 1.82) is 0 Å². The van der Waals surface area contributed by atoms with E-state index in [1.807, 2.05) is 30.3 Å². The fraction of sp³-hybridized carbons (Fsp3) is 0.133. The molecule has 3 nitrogen and oxygen atoms in total. The molecular weight excluding hydrogens is 325 g/mol. The van der Waals surface area contributed by atoms with Crippen molar-refractivity contribution in [3.63, 3.8) is 0 Å². The Bertz CT molecular complexity index is 617. The number of aliphatic imine (C=N–C) groups is 1. The number of ether oxygens (including phenoxy) is 1. The van der Waals surface area contributed by atoms with Gasteiger partial charge < -0.3 is 4.74 Å². The SMILES string of the molecule is O=C=NCc1cc(F)c(OCc2ccccc2)c(Br)c1. The Kier molecular flexibility index (Phi) is 5.04. The van der Waals surface area contributed by atoms with Gasteiger partial charge in [-0.1, -0.05) is 30.3 Å². The van der Waals surface area contributed by atoms with Crippen molar-refractivity contribution in [3.8, 4) is 5.75 Å². The fourth-order valence-corrected chi connectivity index (χ4v) is 2.29. The van der Waals surface area contributed by atoms with E-state index in [2.05, 4.69) is 20.9 Å². The number of hydrogen-bond acceptors (Lipinski definition) is 3. The average molecular weight is 336 g/mol. The van der Waals surface area contributed by atoms with Gasteiger partial charge in [-0.25, -0.2) is 14.2 Å². The van der Waals surface area contributed by atoms with Gasteiger partial charge in [0.25, 0.3) is 0 Å². The number of halogens is 2.